The van der Waals surface area contributed by atoms with Crippen molar-refractivity contribution in [2.24, 2.45) is 0 Å². The SMILES string of the molecule is COc1cc(C)c(/C(O)=C2\C(=O)C(=O)N(Cc3ccncc3)C2c2ccc(F)cc2)cc1C. The van der Waals surface area contributed by atoms with Crippen molar-refractivity contribution in [2.75, 3.05) is 7.11 Å². The molecular weight excluding hydrogens is 423 g/mol. The smallest absolute Gasteiger partial charge is 0.295 e. The van der Waals surface area contributed by atoms with Gasteiger partial charge in [-0.1, -0.05) is 12.1 Å². The standard InChI is InChI=1S/C26H23FN2O4/c1-15-13-21(33-3)16(2)12-20(15)24(30)22-23(18-4-6-19(27)7-5-18)29(26(32)25(22)31)14-17-8-10-28-11-9-17/h4-13,23,30H,14H2,1-3H3/b24-22+. The molecule has 4 rings (SSSR count). The Morgan fingerprint density at radius 3 is 2.36 bits per heavy atom. The maximum atomic E-state index is 13.6. The van der Waals surface area contributed by atoms with Crippen molar-refractivity contribution in [3.63, 3.8) is 0 Å². The van der Waals surface area contributed by atoms with Gasteiger partial charge in [0.1, 0.15) is 17.3 Å². The number of carbonyl (C=O) groups excluding carboxylic acids is 2. The van der Waals surface area contributed by atoms with Gasteiger partial charge in [0.05, 0.1) is 18.7 Å². The van der Waals surface area contributed by atoms with Gasteiger partial charge in [0, 0.05) is 24.5 Å². The summed E-state index contributed by atoms with van der Waals surface area (Å²) in [5.74, 6) is -1.58. The zero-order valence-electron chi connectivity index (χ0n) is 18.5. The van der Waals surface area contributed by atoms with Crippen LogP contribution in [0.4, 0.5) is 4.39 Å². The highest BCUT2D eigenvalue weighted by molar-refractivity contribution is 6.46. The van der Waals surface area contributed by atoms with Gasteiger partial charge in [-0.3, -0.25) is 14.6 Å². The number of aryl methyl sites for hydroxylation is 2. The number of ketones is 1. The minimum absolute atomic E-state index is 0.0340. The van der Waals surface area contributed by atoms with Gasteiger partial charge in [-0.2, -0.15) is 0 Å². The first kappa shape index (κ1) is 22.2. The van der Waals surface area contributed by atoms with E-state index in [1.165, 1.54) is 29.2 Å². The summed E-state index contributed by atoms with van der Waals surface area (Å²) in [5.41, 5.74) is 3.15. The molecule has 0 saturated carbocycles. The van der Waals surface area contributed by atoms with Gasteiger partial charge in [0.25, 0.3) is 11.7 Å². The van der Waals surface area contributed by atoms with E-state index in [1.807, 2.05) is 6.92 Å². The van der Waals surface area contributed by atoms with Crippen LogP contribution in [0.3, 0.4) is 0 Å². The number of halogens is 1. The second-order valence-electron chi connectivity index (χ2n) is 7.97. The normalized spacial score (nSPS) is 17.5. The summed E-state index contributed by atoms with van der Waals surface area (Å²) >= 11 is 0. The van der Waals surface area contributed by atoms with E-state index in [0.717, 1.165) is 11.1 Å². The molecule has 1 N–H and O–H groups in total. The molecule has 3 aromatic rings. The third kappa shape index (κ3) is 4.09. The van der Waals surface area contributed by atoms with Gasteiger partial charge in [-0.05, 0) is 72.5 Å². The fourth-order valence-corrected chi connectivity index (χ4v) is 4.13. The highest BCUT2D eigenvalue weighted by atomic mass is 19.1. The van der Waals surface area contributed by atoms with Crippen LogP contribution in [0.2, 0.25) is 0 Å². The lowest BCUT2D eigenvalue weighted by molar-refractivity contribution is -0.140. The van der Waals surface area contributed by atoms with Gasteiger partial charge in [0.2, 0.25) is 0 Å². The molecule has 0 bridgehead atoms. The molecule has 2 heterocycles. The number of benzene rings is 2. The fourth-order valence-electron chi connectivity index (χ4n) is 4.13. The Bertz CT molecular complexity index is 1250. The number of methoxy groups -OCH3 is 1. The number of amides is 1. The molecule has 0 aliphatic carbocycles. The van der Waals surface area contributed by atoms with Crippen LogP contribution < -0.4 is 4.74 Å². The number of hydrogen-bond acceptors (Lipinski definition) is 5. The average molecular weight is 446 g/mol. The van der Waals surface area contributed by atoms with Crippen molar-refractivity contribution < 1.29 is 23.8 Å². The van der Waals surface area contributed by atoms with Gasteiger partial charge in [0.15, 0.2) is 0 Å². The van der Waals surface area contributed by atoms with Crippen LogP contribution in [0.1, 0.15) is 33.9 Å². The van der Waals surface area contributed by atoms with Crippen molar-refractivity contribution in [1.82, 2.24) is 9.88 Å². The minimum Gasteiger partial charge on any atom is -0.507 e. The highest BCUT2D eigenvalue weighted by Gasteiger charge is 2.46. The third-order valence-corrected chi connectivity index (χ3v) is 5.82. The van der Waals surface area contributed by atoms with E-state index in [9.17, 15) is 19.1 Å². The number of aromatic nitrogens is 1. The number of aliphatic hydroxyl groups excluding tert-OH is 1. The Morgan fingerprint density at radius 2 is 1.73 bits per heavy atom. The molecule has 168 valence electrons. The van der Waals surface area contributed by atoms with Crippen LogP contribution in [0.5, 0.6) is 5.75 Å². The number of hydrogen-bond donors (Lipinski definition) is 1. The van der Waals surface area contributed by atoms with E-state index in [4.69, 9.17) is 4.74 Å². The molecule has 2 aromatic carbocycles. The molecule has 1 fully saturated rings. The number of likely N-dealkylation sites (tertiary alicyclic amines) is 1. The quantitative estimate of drug-likeness (QED) is 0.355. The topological polar surface area (TPSA) is 79.7 Å². The largest absolute Gasteiger partial charge is 0.507 e. The molecule has 1 amide bonds. The van der Waals surface area contributed by atoms with Crippen LogP contribution >= 0.6 is 0 Å². The maximum absolute atomic E-state index is 13.6. The molecule has 1 atom stereocenters. The predicted molar refractivity (Wildman–Crippen MR) is 121 cm³/mol. The molecule has 0 radical (unpaired) electrons. The summed E-state index contributed by atoms with van der Waals surface area (Å²) in [4.78, 5) is 31.6. The maximum Gasteiger partial charge on any atom is 0.295 e. The number of Topliss-reactive ketones (excluding diaryl/α,β-unsaturated/α-hetero) is 1. The highest BCUT2D eigenvalue weighted by Crippen LogP contribution is 2.41. The molecule has 1 aliphatic heterocycles. The van der Waals surface area contributed by atoms with E-state index in [0.29, 0.717) is 22.4 Å². The minimum atomic E-state index is -0.874. The summed E-state index contributed by atoms with van der Waals surface area (Å²) in [6.45, 7) is 3.75. The molecule has 6 nitrogen and oxygen atoms in total. The van der Waals surface area contributed by atoms with Crippen LogP contribution in [0.25, 0.3) is 5.76 Å². The Labute approximate surface area is 191 Å². The van der Waals surface area contributed by atoms with E-state index in [1.54, 1.807) is 50.7 Å². The summed E-state index contributed by atoms with van der Waals surface area (Å²) in [6.07, 6.45) is 3.20. The summed E-state index contributed by atoms with van der Waals surface area (Å²) in [7, 11) is 1.56. The van der Waals surface area contributed by atoms with Crippen molar-refractivity contribution in [2.45, 2.75) is 26.4 Å². The number of carbonyl (C=O) groups is 2. The van der Waals surface area contributed by atoms with Crippen LogP contribution in [-0.2, 0) is 16.1 Å². The number of nitrogens with zero attached hydrogens (tertiary/aromatic N) is 2. The van der Waals surface area contributed by atoms with Gasteiger partial charge < -0.3 is 14.7 Å². The van der Waals surface area contributed by atoms with E-state index < -0.39 is 23.5 Å². The number of rotatable bonds is 5. The zero-order chi connectivity index (χ0) is 23.7. The summed E-state index contributed by atoms with van der Waals surface area (Å²) in [5, 5.41) is 11.3. The molecule has 1 unspecified atom stereocenters. The second-order valence-corrected chi connectivity index (χ2v) is 7.97. The lowest BCUT2D eigenvalue weighted by Crippen LogP contribution is -2.29. The first-order valence-corrected chi connectivity index (χ1v) is 10.4. The summed E-state index contributed by atoms with van der Waals surface area (Å²) < 4.78 is 19.0. The van der Waals surface area contributed by atoms with Gasteiger partial charge in [-0.25, -0.2) is 4.39 Å². The predicted octanol–water partition coefficient (Wildman–Crippen LogP) is 4.47. The van der Waals surface area contributed by atoms with Crippen LogP contribution in [0, 0.1) is 19.7 Å². The van der Waals surface area contributed by atoms with Gasteiger partial charge >= 0.3 is 0 Å². The van der Waals surface area contributed by atoms with Crippen molar-refractivity contribution in [3.8, 4) is 5.75 Å². The molecular formula is C26H23FN2O4. The molecule has 33 heavy (non-hydrogen) atoms. The average Bonchev–Trinajstić information content (AvgIpc) is 3.06. The molecule has 1 aliphatic rings. The lowest BCUT2D eigenvalue weighted by Gasteiger charge is -2.25. The zero-order valence-corrected chi connectivity index (χ0v) is 18.5. The molecule has 1 aromatic heterocycles. The molecule has 1 saturated heterocycles. The molecule has 7 heteroatoms. The Kier molecular flexibility index (Phi) is 5.96. The van der Waals surface area contributed by atoms with Crippen molar-refractivity contribution >= 4 is 17.4 Å². The van der Waals surface area contributed by atoms with Crippen LogP contribution in [0.15, 0.2) is 66.5 Å². The van der Waals surface area contributed by atoms with E-state index in [2.05, 4.69) is 4.98 Å². The van der Waals surface area contributed by atoms with E-state index >= 15 is 0 Å². The number of ether oxygens (including phenoxy) is 1. The van der Waals surface area contributed by atoms with Gasteiger partial charge in [-0.15, -0.1) is 0 Å². The second kappa shape index (κ2) is 8.86. The van der Waals surface area contributed by atoms with Crippen molar-refractivity contribution in [1.29, 1.82) is 0 Å². The van der Waals surface area contributed by atoms with Crippen LogP contribution in [-0.4, -0.2) is 33.8 Å². The monoisotopic (exact) mass is 446 g/mol. The fraction of sp³-hybridized carbons (Fsp3) is 0.192. The third-order valence-electron chi connectivity index (χ3n) is 5.82. The number of pyridine rings is 1. The molecule has 0 spiro atoms. The first-order chi connectivity index (χ1) is 15.8. The summed E-state index contributed by atoms with van der Waals surface area (Å²) in [6, 6.07) is 11.7. The Balaban J connectivity index is 1.89. The van der Waals surface area contributed by atoms with E-state index in [-0.39, 0.29) is 17.9 Å². The Morgan fingerprint density at radius 1 is 1.06 bits per heavy atom. The lowest BCUT2D eigenvalue weighted by atomic mass is 9.93. The van der Waals surface area contributed by atoms with Crippen molar-refractivity contribution in [3.05, 3.63) is 100 Å². The number of aliphatic hydroxyl groups is 1. The first-order valence-electron chi connectivity index (χ1n) is 10.4. The Hall–Kier alpha value is -4.00.